The molecule has 20 heavy (non-hydrogen) atoms. The van der Waals surface area contributed by atoms with Crippen LogP contribution in [0.1, 0.15) is 6.42 Å². The molecule has 1 aliphatic heterocycles. The average Bonchev–Trinajstić information content (AvgIpc) is 2.50. The molecular weight excluding hydrogens is 280 g/mol. The molecule has 1 aromatic rings. The average molecular weight is 298 g/mol. The van der Waals surface area contributed by atoms with Crippen molar-refractivity contribution in [3.8, 4) is 0 Å². The minimum atomic E-state index is -3.82. The molecule has 7 nitrogen and oxygen atoms in total. The van der Waals surface area contributed by atoms with Gasteiger partial charge in [0.05, 0.1) is 11.4 Å². The third-order valence-corrected chi connectivity index (χ3v) is 4.17. The third kappa shape index (κ3) is 3.20. The summed E-state index contributed by atoms with van der Waals surface area (Å²) in [6.45, 7) is 1.54. The molecule has 0 aromatic heterocycles. The van der Waals surface area contributed by atoms with Crippen molar-refractivity contribution < 1.29 is 13.2 Å². The normalized spacial score (nSPS) is 17.2. The van der Waals surface area contributed by atoms with E-state index < -0.39 is 10.0 Å². The number of carbonyl (C=O) groups excluding carboxylic acids is 1. The number of benzene rings is 1. The molecule has 1 heterocycles. The Morgan fingerprint density at radius 2 is 1.90 bits per heavy atom. The highest BCUT2D eigenvalue weighted by atomic mass is 32.2. The Balaban J connectivity index is 2.37. The lowest BCUT2D eigenvalue weighted by atomic mass is 10.2. The van der Waals surface area contributed by atoms with Gasteiger partial charge in [0.2, 0.25) is 15.9 Å². The van der Waals surface area contributed by atoms with Crippen LogP contribution < -0.4 is 15.8 Å². The van der Waals surface area contributed by atoms with Crippen molar-refractivity contribution in [1.29, 1.82) is 0 Å². The van der Waals surface area contributed by atoms with E-state index in [1.54, 1.807) is 18.0 Å². The predicted molar refractivity (Wildman–Crippen MR) is 76.7 cm³/mol. The molecule has 0 bridgehead atoms. The number of sulfonamides is 1. The van der Waals surface area contributed by atoms with Crippen LogP contribution in [0.3, 0.4) is 0 Å². The summed E-state index contributed by atoms with van der Waals surface area (Å²) in [5.41, 5.74) is 6.62. The van der Waals surface area contributed by atoms with E-state index in [2.05, 4.69) is 0 Å². The van der Waals surface area contributed by atoms with Gasteiger partial charge in [-0.3, -0.25) is 4.79 Å². The van der Waals surface area contributed by atoms with Gasteiger partial charge in [-0.2, -0.15) is 0 Å². The number of primary sulfonamides is 1. The van der Waals surface area contributed by atoms with Crippen molar-refractivity contribution in [2.24, 2.45) is 5.14 Å². The van der Waals surface area contributed by atoms with Crippen molar-refractivity contribution in [2.45, 2.75) is 11.3 Å². The number of nitrogens with zero attached hydrogens (tertiary/aromatic N) is 2. The summed E-state index contributed by atoms with van der Waals surface area (Å²) in [6, 6.07) is 4.40. The highest BCUT2D eigenvalue weighted by Crippen LogP contribution is 2.24. The van der Waals surface area contributed by atoms with Crippen molar-refractivity contribution >= 4 is 27.3 Å². The fraction of sp³-hybridized carbons (Fsp3) is 0.417. The largest absolute Gasteiger partial charge is 0.399 e. The number of nitrogen functional groups attached to an aromatic ring is 1. The monoisotopic (exact) mass is 298 g/mol. The first kappa shape index (κ1) is 14.6. The van der Waals surface area contributed by atoms with E-state index in [0.29, 0.717) is 24.5 Å². The van der Waals surface area contributed by atoms with Crippen LogP contribution in [-0.4, -0.2) is 45.9 Å². The second-order valence-electron chi connectivity index (χ2n) is 4.90. The minimum Gasteiger partial charge on any atom is -0.399 e. The first-order valence-electron chi connectivity index (χ1n) is 6.19. The molecule has 110 valence electrons. The van der Waals surface area contributed by atoms with E-state index in [9.17, 15) is 13.2 Å². The van der Waals surface area contributed by atoms with Crippen LogP contribution >= 0.6 is 0 Å². The quantitative estimate of drug-likeness (QED) is 0.721. The molecule has 1 aromatic carbocycles. The molecule has 0 spiro atoms. The Kier molecular flexibility index (Phi) is 3.87. The van der Waals surface area contributed by atoms with Crippen molar-refractivity contribution in [3.63, 3.8) is 0 Å². The number of rotatable bonds is 2. The van der Waals surface area contributed by atoms with E-state index >= 15 is 0 Å². The molecule has 0 radical (unpaired) electrons. The van der Waals surface area contributed by atoms with Gasteiger partial charge < -0.3 is 15.5 Å². The Morgan fingerprint density at radius 3 is 2.55 bits per heavy atom. The topological polar surface area (TPSA) is 110 Å². The van der Waals surface area contributed by atoms with Gasteiger partial charge in [-0.05, 0) is 24.6 Å². The summed E-state index contributed by atoms with van der Waals surface area (Å²) in [5, 5.41) is 5.13. The Morgan fingerprint density at radius 1 is 1.20 bits per heavy atom. The van der Waals surface area contributed by atoms with Gasteiger partial charge in [0.25, 0.3) is 0 Å². The predicted octanol–water partition coefficient (Wildman–Crippen LogP) is -0.415. The molecule has 4 N–H and O–H groups in total. The Hall–Kier alpha value is -1.80. The maximum atomic E-state index is 11.9. The maximum absolute atomic E-state index is 11.9. The summed E-state index contributed by atoms with van der Waals surface area (Å²) in [4.78, 5) is 15.3. The molecule has 8 heteroatoms. The second kappa shape index (κ2) is 5.29. The smallest absolute Gasteiger partial charge is 0.241 e. The molecule has 0 unspecified atom stereocenters. The molecule has 0 atom stereocenters. The molecule has 2 rings (SSSR count). The van der Waals surface area contributed by atoms with Gasteiger partial charge in [0.1, 0.15) is 0 Å². The van der Waals surface area contributed by atoms with E-state index in [4.69, 9.17) is 10.9 Å². The highest BCUT2D eigenvalue weighted by molar-refractivity contribution is 7.89. The molecule has 0 saturated carbocycles. The fourth-order valence-electron chi connectivity index (χ4n) is 2.16. The van der Waals surface area contributed by atoms with Gasteiger partial charge in [-0.25, -0.2) is 13.6 Å². The van der Waals surface area contributed by atoms with Gasteiger partial charge in [0, 0.05) is 31.5 Å². The van der Waals surface area contributed by atoms with E-state index in [-0.39, 0.29) is 17.3 Å². The number of carbonyl (C=O) groups is 1. The number of anilines is 2. The van der Waals surface area contributed by atoms with Gasteiger partial charge in [0.15, 0.2) is 0 Å². The first-order chi connectivity index (χ1) is 9.27. The lowest BCUT2D eigenvalue weighted by Gasteiger charge is -2.22. The van der Waals surface area contributed by atoms with Crippen LogP contribution in [0.15, 0.2) is 23.1 Å². The Labute approximate surface area is 118 Å². The number of hydrogen-bond acceptors (Lipinski definition) is 5. The summed E-state index contributed by atoms with van der Waals surface area (Å²) in [6.07, 6.45) is 0.807. The maximum Gasteiger partial charge on any atom is 0.241 e. The van der Waals surface area contributed by atoms with Crippen LogP contribution in [0, 0.1) is 0 Å². The number of nitrogens with two attached hydrogens (primary N) is 2. The van der Waals surface area contributed by atoms with Crippen LogP contribution in [-0.2, 0) is 14.8 Å². The zero-order valence-electron chi connectivity index (χ0n) is 11.2. The van der Waals surface area contributed by atoms with Crippen molar-refractivity contribution in [1.82, 2.24) is 4.90 Å². The van der Waals surface area contributed by atoms with Crippen LogP contribution in [0.5, 0.6) is 0 Å². The van der Waals surface area contributed by atoms with Gasteiger partial charge in [-0.1, -0.05) is 0 Å². The van der Waals surface area contributed by atoms with Crippen LogP contribution in [0.25, 0.3) is 0 Å². The first-order valence-corrected chi connectivity index (χ1v) is 7.74. The molecule has 1 saturated heterocycles. The molecule has 1 amide bonds. The summed E-state index contributed by atoms with van der Waals surface area (Å²) >= 11 is 0. The summed E-state index contributed by atoms with van der Waals surface area (Å²) < 4.78 is 22.9. The molecule has 1 fully saturated rings. The lowest BCUT2D eigenvalue weighted by molar-refractivity contribution is -0.127. The Bertz CT molecular complexity index is 630. The number of hydrogen-bond donors (Lipinski definition) is 2. The standard InChI is InChI=1S/C12H18N4O3S/c1-15-3-2-4-16(8-12(15)17)10-5-9(13)6-11(7-10)20(14,18)19/h5-7H,2-4,8,13H2,1H3,(H2,14,18,19). The van der Waals surface area contributed by atoms with Gasteiger partial charge in [-0.15, -0.1) is 0 Å². The zero-order chi connectivity index (χ0) is 14.9. The van der Waals surface area contributed by atoms with Crippen LogP contribution in [0.4, 0.5) is 11.4 Å². The second-order valence-corrected chi connectivity index (χ2v) is 6.46. The fourth-order valence-corrected chi connectivity index (χ4v) is 2.74. The molecule has 0 aliphatic carbocycles. The minimum absolute atomic E-state index is 0.0120. The van der Waals surface area contributed by atoms with E-state index in [0.717, 1.165) is 6.42 Å². The van der Waals surface area contributed by atoms with Crippen molar-refractivity contribution in [3.05, 3.63) is 18.2 Å². The highest BCUT2D eigenvalue weighted by Gasteiger charge is 2.20. The summed E-state index contributed by atoms with van der Waals surface area (Å²) in [5.74, 6) is -0.0120. The van der Waals surface area contributed by atoms with Crippen molar-refractivity contribution in [2.75, 3.05) is 37.3 Å². The van der Waals surface area contributed by atoms with Crippen LogP contribution in [0.2, 0.25) is 0 Å². The number of amides is 1. The third-order valence-electron chi connectivity index (χ3n) is 3.28. The van der Waals surface area contributed by atoms with Gasteiger partial charge >= 0.3 is 0 Å². The SMILES string of the molecule is CN1CCCN(c2cc(N)cc(S(N)(=O)=O)c2)CC1=O. The summed E-state index contributed by atoms with van der Waals surface area (Å²) in [7, 11) is -2.07. The zero-order valence-corrected chi connectivity index (χ0v) is 12.1. The molecule has 1 aliphatic rings. The number of likely N-dealkylation sites (N-methyl/N-ethyl adjacent to an activating group) is 1. The van der Waals surface area contributed by atoms with E-state index in [1.165, 1.54) is 12.1 Å². The van der Waals surface area contributed by atoms with E-state index in [1.807, 2.05) is 4.90 Å². The molecular formula is C12H18N4O3S. The lowest BCUT2D eigenvalue weighted by Crippen LogP contribution is -2.34.